The van der Waals surface area contributed by atoms with Crippen LogP contribution in [0.15, 0.2) is 24.4 Å². The molecule has 2 rings (SSSR count). The maximum atomic E-state index is 5.41. The highest BCUT2D eigenvalue weighted by Gasteiger charge is 2.12. The maximum absolute atomic E-state index is 5.41. The highest BCUT2D eigenvalue weighted by atomic mass is 16.5. The van der Waals surface area contributed by atoms with E-state index in [1.165, 1.54) is 11.1 Å². The van der Waals surface area contributed by atoms with Crippen LogP contribution in [0.1, 0.15) is 36.6 Å². The predicted molar refractivity (Wildman–Crippen MR) is 82.4 cm³/mol. The van der Waals surface area contributed by atoms with Crippen LogP contribution in [0, 0.1) is 6.92 Å². The second kappa shape index (κ2) is 5.99. The third-order valence-electron chi connectivity index (χ3n) is 3.31. The third kappa shape index (κ3) is 3.13. The van der Waals surface area contributed by atoms with Crippen molar-refractivity contribution >= 4 is 5.69 Å². The van der Waals surface area contributed by atoms with E-state index in [0.29, 0.717) is 5.92 Å². The van der Waals surface area contributed by atoms with Crippen LogP contribution in [0.4, 0.5) is 5.69 Å². The molecule has 20 heavy (non-hydrogen) atoms. The van der Waals surface area contributed by atoms with E-state index < -0.39 is 0 Å². The van der Waals surface area contributed by atoms with E-state index in [1.807, 2.05) is 17.8 Å². The van der Waals surface area contributed by atoms with Gasteiger partial charge >= 0.3 is 0 Å². The number of hydrogen-bond donors (Lipinski definition) is 1. The summed E-state index contributed by atoms with van der Waals surface area (Å²) < 4.78 is 7.29. The minimum Gasteiger partial charge on any atom is -0.495 e. The smallest absolute Gasteiger partial charge is 0.142 e. The number of anilines is 1. The van der Waals surface area contributed by atoms with Gasteiger partial charge in [-0.2, -0.15) is 5.10 Å². The van der Waals surface area contributed by atoms with Gasteiger partial charge in [-0.1, -0.05) is 19.9 Å². The van der Waals surface area contributed by atoms with Crippen molar-refractivity contribution in [3.05, 3.63) is 41.2 Å². The standard InChI is InChI=1S/C16H23N3O/c1-11(2)16-13(10-19(4)18-16)9-17-14-7-6-12(3)8-15(14)20-5/h6-8,10-11,17H,9H2,1-5H3. The molecule has 4 heteroatoms. The van der Waals surface area contributed by atoms with Gasteiger partial charge in [0.15, 0.2) is 0 Å². The average Bonchev–Trinajstić information content (AvgIpc) is 2.78. The molecule has 0 aliphatic heterocycles. The molecule has 0 radical (unpaired) electrons. The molecule has 108 valence electrons. The Kier molecular flexibility index (Phi) is 4.32. The molecule has 0 saturated heterocycles. The predicted octanol–water partition coefficient (Wildman–Crippen LogP) is 3.47. The van der Waals surface area contributed by atoms with E-state index >= 15 is 0 Å². The average molecular weight is 273 g/mol. The first-order chi connectivity index (χ1) is 9.51. The fourth-order valence-corrected chi connectivity index (χ4v) is 2.31. The molecule has 1 aromatic heterocycles. The van der Waals surface area contributed by atoms with Crippen LogP contribution < -0.4 is 10.1 Å². The fourth-order valence-electron chi connectivity index (χ4n) is 2.31. The summed E-state index contributed by atoms with van der Waals surface area (Å²) in [6, 6.07) is 6.17. The monoisotopic (exact) mass is 273 g/mol. The summed E-state index contributed by atoms with van der Waals surface area (Å²) >= 11 is 0. The van der Waals surface area contributed by atoms with E-state index in [4.69, 9.17) is 4.74 Å². The van der Waals surface area contributed by atoms with Gasteiger partial charge in [0, 0.05) is 25.4 Å². The highest BCUT2D eigenvalue weighted by Crippen LogP contribution is 2.26. The van der Waals surface area contributed by atoms with E-state index in [9.17, 15) is 0 Å². The molecule has 2 aromatic rings. The second-order valence-corrected chi connectivity index (χ2v) is 5.43. The first kappa shape index (κ1) is 14.4. The lowest BCUT2D eigenvalue weighted by Gasteiger charge is -2.12. The minimum absolute atomic E-state index is 0.424. The zero-order chi connectivity index (χ0) is 14.7. The van der Waals surface area contributed by atoms with Crippen molar-refractivity contribution in [3.8, 4) is 5.75 Å². The quantitative estimate of drug-likeness (QED) is 0.906. The Balaban J connectivity index is 2.17. The summed E-state index contributed by atoms with van der Waals surface area (Å²) in [5, 5.41) is 7.96. The number of benzene rings is 1. The Bertz CT molecular complexity index is 587. The van der Waals surface area contributed by atoms with Gasteiger partial charge in [-0.15, -0.1) is 0 Å². The highest BCUT2D eigenvalue weighted by molar-refractivity contribution is 5.57. The van der Waals surface area contributed by atoms with Gasteiger partial charge in [0.2, 0.25) is 0 Å². The number of ether oxygens (including phenoxy) is 1. The molecule has 0 atom stereocenters. The van der Waals surface area contributed by atoms with Gasteiger partial charge in [0.05, 0.1) is 18.5 Å². The summed E-state index contributed by atoms with van der Waals surface area (Å²) in [5.41, 5.74) is 4.57. The molecule has 0 aliphatic rings. The minimum atomic E-state index is 0.424. The number of methoxy groups -OCH3 is 1. The molecule has 1 aromatic carbocycles. The van der Waals surface area contributed by atoms with E-state index in [2.05, 4.69) is 49.5 Å². The molecule has 0 amide bonds. The van der Waals surface area contributed by atoms with Gasteiger partial charge in [0.1, 0.15) is 5.75 Å². The number of rotatable bonds is 5. The normalized spacial score (nSPS) is 10.9. The Morgan fingerprint density at radius 1 is 1.35 bits per heavy atom. The van der Waals surface area contributed by atoms with Gasteiger partial charge in [0.25, 0.3) is 0 Å². The number of nitrogens with one attached hydrogen (secondary N) is 1. The molecular formula is C16H23N3O. The molecule has 0 fully saturated rings. The summed E-state index contributed by atoms with van der Waals surface area (Å²) in [6.07, 6.45) is 2.07. The van der Waals surface area contributed by atoms with Crippen LogP contribution >= 0.6 is 0 Å². The molecule has 0 aliphatic carbocycles. The Hall–Kier alpha value is -1.97. The molecule has 0 spiro atoms. The molecule has 0 bridgehead atoms. The molecule has 1 N–H and O–H groups in total. The van der Waals surface area contributed by atoms with Crippen LogP contribution in [0.2, 0.25) is 0 Å². The molecule has 0 unspecified atom stereocenters. The van der Waals surface area contributed by atoms with Gasteiger partial charge in [-0.05, 0) is 30.5 Å². The molecule has 4 nitrogen and oxygen atoms in total. The summed E-state index contributed by atoms with van der Waals surface area (Å²) in [4.78, 5) is 0. The van der Waals surface area contributed by atoms with Crippen molar-refractivity contribution in [2.24, 2.45) is 7.05 Å². The van der Waals surface area contributed by atoms with Crippen molar-refractivity contribution < 1.29 is 4.74 Å². The maximum Gasteiger partial charge on any atom is 0.142 e. The van der Waals surface area contributed by atoms with Crippen molar-refractivity contribution in [3.63, 3.8) is 0 Å². The van der Waals surface area contributed by atoms with Crippen LogP contribution in [0.5, 0.6) is 5.75 Å². The summed E-state index contributed by atoms with van der Waals surface area (Å²) in [7, 11) is 3.66. The van der Waals surface area contributed by atoms with Crippen LogP contribution in [0.3, 0.4) is 0 Å². The molecule has 0 saturated carbocycles. The first-order valence-electron chi connectivity index (χ1n) is 6.92. The number of aryl methyl sites for hydroxylation is 2. The summed E-state index contributed by atoms with van der Waals surface area (Å²) in [5.74, 6) is 1.30. The number of aromatic nitrogens is 2. The largest absolute Gasteiger partial charge is 0.495 e. The SMILES string of the molecule is COc1cc(C)ccc1NCc1cn(C)nc1C(C)C. The molecular weight excluding hydrogens is 250 g/mol. The number of hydrogen-bond acceptors (Lipinski definition) is 3. The lowest BCUT2D eigenvalue weighted by atomic mass is 10.1. The lowest BCUT2D eigenvalue weighted by Crippen LogP contribution is -2.04. The van der Waals surface area contributed by atoms with Crippen molar-refractivity contribution in [1.29, 1.82) is 0 Å². The van der Waals surface area contributed by atoms with Crippen LogP contribution in [0.25, 0.3) is 0 Å². The zero-order valence-electron chi connectivity index (χ0n) is 12.9. The van der Waals surface area contributed by atoms with Crippen molar-refractivity contribution in [2.45, 2.75) is 33.2 Å². The van der Waals surface area contributed by atoms with Gasteiger partial charge in [-0.25, -0.2) is 0 Å². The van der Waals surface area contributed by atoms with Gasteiger partial charge in [-0.3, -0.25) is 4.68 Å². The number of nitrogens with zero attached hydrogens (tertiary/aromatic N) is 2. The van der Waals surface area contributed by atoms with Crippen LogP contribution in [-0.4, -0.2) is 16.9 Å². The van der Waals surface area contributed by atoms with E-state index in [1.54, 1.807) is 7.11 Å². The lowest BCUT2D eigenvalue weighted by molar-refractivity contribution is 0.416. The Morgan fingerprint density at radius 3 is 2.75 bits per heavy atom. The van der Waals surface area contributed by atoms with Crippen LogP contribution in [-0.2, 0) is 13.6 Å². The van der Waals surface area contributed by atoms with E-state index in [0.717, 1.165) is 23.7 Å². The molecule has 1 heterocycles. The Morgan fingerprint density at radius 2 is 2.10 bits per heavy atom. The van der Waals surface area contributed by atoms with E-state index in [-0.39, 0.29) is 0 Å². The summed E-state index contributed by atoms with van der Waals surface area (Å²) in [6.45, 7) is 7.14. The zero-order valence-corrected chi connectivity index (χ0v) is 12.9. The second-order valence-electron chi connectivity index (χ2n) is 5.43. The Labute approximate surface area is 120 Å². The van der Waals surface area contributed by atoms with Crippen molar-refractivity contribution in [1.82, 2.24) is 9.78 Å². The topological polar surface area (TPSA) is 39.1 Å². The van der Waals surface area contributed by atoms with Gasteiger partial charge < -0.3 is 10.1 Å². The van der Waals surface area contributed by atoms with Crippen molar-refractivity contribution in [2.75, 3.05) is 12.4 Å². The first-order valence-corrected chi connectivity index (χ1v) is 6.92. The third-order valence-corrected chi connectivity index (χ3v) is 3.31. The fraction of sp³-hybridized carbons (Fsp3) is 0.438.